The van der Waals surface area contributed by atoms with Crippen LogP contribution in [0.5, 0.6) is 0 Å². The van der Waals surface area contributed by atoms with E-state index >= 15 is 0 Å². The highest BCUT2D eigenvalue weighted by Gasteiger charge is 2.23. The zero-order valence-corrected chi connectivity index (χ0v) is 14.1. The second-order valence-electron chi connectivity index (χ2n) is 5.66. The van der Waals surface area contributed by atoms with Gasteiger partial charge >= 0.3 is 0 Å². The highest BCUT2D eigenvalue weighted by atomic mass is 35.5. The van der Waals surface area contributed by atoms with Gasteiger partial charge in [0.2, 0.25) is 15.0 Å². The van der Waals surface area contributed by atoms with Crippen molar-refractivity contribution >= 4 is 21.4 Å². The van der Waals surface area contributed by atoms with Gasteiger partial charge in [-0.25, -0.2) is 13.4 Å². The van der Waals surface area contributed by atoms with E-state index < -0.39 is 9.84 Å². The average Bonchev–Trinajstić information content (AvgIpc) is 2.46. The number of benzene rings is 1. The van der Waals surface area contributed by atoms with Gasteiger partial charge in [0.15, 0.2) is 0 Å². The van der Waals surface area contributed by atoms with Crippen molar-refractivity contribution < 1.29 is 8.42 Å². The zero-order valence-electron chi connectivity index (χ0n) is 12.5. The third-order valence-corrected chi connectivity index (χ3v) is 4.91. The van der Waals surface area contributed by atoms with E-state index in [0.717, 1.165) is 11.8 Å². The number of H-pyrrole nitrogens is 1. The van der Waals surface area contributed by atoms with E-state index in [2.05, 4.69) is 14.9 Å². The van der Waals surface area contributed by atoms with Crippen molar-refractivity contribution in [1.29, 1.82) is 0 Å². The van der Waals surface area contributed by atoms with E-state index in [1.165, 1.54) is 0 Å². The van der Waals surface area contributed by atoms with Gasteiger partial charge in [-0.05, 0) is 24.1 Å². The molecule has 6 nitrogen and oxygen atoms in total. The predicted molar refractivity (Wildman–Crippen MR) is 87.2 cm³/mol. The standard InChI is InChI=1S/C15H16ClN3O3S/c1-23(21,22)15-17-13-9-19(6-5-12(13)14(20)18-15)8-10-3-2-4-11(16)7-10/h2-4,7H,5-6,8-9H2,1H3,(H,17,18,20). The molecule has 3 rings (SSSR count). The molecule has 122 valence electrons. The summed E-state index contributed by atoms with van der Waals surface area (Å²) >= 11 is 5.99. The number of halogens is 1. The first-order valence-corrected chi connectivity index (χ1v) is 9.39. The molecular formula is C15H16ClN3O3S. The number of sulfone groups is 1. The Hall–Kier alpha value is -1.70. The SMILES string of the molecule is CS(=O)(=O)c1nc2c(c(=O)[nH]1)CCN(Cc1cccc(Cl)c1)C2. The minimum Gasteiger partial charge on any atom is -0.297 e. The first-order chi connectivity index (χ1) is 10.8. The summed E-state index contributed by atoms with van der Waals surface area (Å²) in [5, 5.41) is 0.402. The second-order valence-corrected chi connectivity index (χ2v) is 8.03. The third-order valence-electron chi connectivity index (χ3n) is 3.78. The van der Waals surface area contributed by atoms with Gasteiger partial charge in [0.25, 0.3) is 5.56 Å². The Balaban J connectivity index is 1.88. The maximum Gasteiger partial charge on any atom is 0.255 e. The molecule has 0 saturated carbocycles. The predicted octanol–water partition coefficient (Wildman–Crippen LogP) is 1.39. The average molecular weight is 354 g/mol. The molecule has 1 aromatic carbocycles. The largest absolute Gasteiger partial charge is 0.297 e. The lowest BCUT2D eigenvalue weighted by Gasteiger charge is -2.27. The van der Waals surface area contributed by atoms with Crippen LogP contribution < -0.4 is 5.56 Å². The third kappa shape index (κ3) is 3.63. The minimum atomic E-state index is -3.54. The summed E-state index contributed by atoms with van der Waals surface area (Å²) in [7, 11) is -3.54. The maximum atomic E-state index is 12.0. The fourth-order valence-electron chi connectivity index (χ4n) is 2.68. The van der Waals surface area contributed by atoms with Crippen LogP contribution >= 0.6 is 11.6 Å². The molecule has 0 amide bonds. The highest BCUT2D eigenvalue weighted by molar-refractivity contribution is 7.90. The summed E-state index contributed by atoms with van der Waals surface area (Å²) in [6.45, 7) is 1.82. The van der Waals surface area contributed by atoms with E-state index in [1.807, 2.05) is 24.3 Å². The molecule has 23 heavy (non-hydrogen) atoms. The summed E-state index contributed by atoms with van der Waals surface area (Å²) in [6.07, 6.45) is 1.58. The molecule has 2 aromatic rings. The molecule has 0 bridgehead atoms. The number of nitrogens with zero attached hydrogens (tertiary/aromatic N) is 2. The molecule has 0 fully saturated rings. The van der Waals surface area contributed by atoms with Crippen molar-refractivity contribution in [3.63, 3.8) is 0 Å². The molecule has 1 aliphatic rings. The fourth-order valence-corrected chi connectivity index (χ4v) is 3.44. The summed E-state index contributed by atoms with van der Waals surface area (Å²) in [6, 6.07) is 7.58. The normalized spacial score (nSPS) is 15.4. The quantitative estimate of drug-likeness (QED) is 0.843. The van der Waals surface area contributed by atoms with Gasteiger partial charge in [-0.1, -0.05) is 23.7 Å². The van der Waals surface area contributed by atoms with E-state index in [9.17, 15) is 13.2 Å². The van der Waals surface area contributed by atoms with E-state index in [-0.39, 0.29) is 10.7 Å². The van der Waals surface area contributed by atoms with Crippen molar-refractivity contribution in [3.05, 3.63) is 56.5 Å². The van der Waals surface area contributed by atoms with Crippen LogP contribution in [-0.4, -0.2) is 36.1 Å². The Morgan fingerprint density at radius 1 is 1.39 bits per heavy atom. The van der Waals surface area contributed by atoms with Gasteiger partial charge in [-0.15, -0.1) is 0 Å². The van der Waals surface area contributed by atoms with Crippen LogP contribution in [0.15, 0.2) is 34.2 Å². The molecule has 1 N–H and O–H groups in total. The number of fused-ring (bicyclic) bond motifs is 1. The number of aromatic amines is 1. The van der Waals surface area contributed by atoms with Crippen LogP contribution in [0.4, 0.5) is 0 Å². The van der Waals surface area contributed by atoms with Crippen molar-refractivity contribution in [2.45, 2.75) is 24.7 Å². The van der Waals surface area contributed by atoms with Crippen molar-refractivity contribution in [2.75, 3.05) is 12.8 Å². The molecule has 8 heteroatoms. The van der Waals surface area contributed by atoms with Gasteiger partial charge in [0, 0.05) is 36.5 Å². The zero-order chi connectivity index (χ0) is 16.6. The monoisotopic (exact) mass is 353 g/mol. The Morgan fingerprint density at radius 2 is 2.17 bits per heavy atom. The summed E-state index contributed by atoms with van der Waals surface area (Å²) in [5.41, 5.74) is 1.80. The highest BCUT2D eigenvalue weighted by Crippen LogP contribution is 2.19. The lowest BCUT2D eigenvalue weighted by Crippen LogP contribution is -2.35. The van der Waals surface area contributed by atoms with Gasteiger partial charge in [-0.2, -0.15) is 0 Å². The van der Waals surface area contributed by atoms with Crippen LogP contribution in [0.3, 0.4) is 0 Å². The maximum absolute atomic E-state index is 12.0. The van der Waals surface area contributed by atoms with Crippen LogP contribution in [0.2, 0.25) is 5.02 Å². The number of rotatable bonds is 3. The molecule has 2 heterocycles. The van der Waals surface area contributed by atoms with Crippen LogP contribution in [-0.2, 0) is 29.3 Å². The van der Waals surface area contributed by atoms with Crippen LogP contribution in [0.1, 0.15) is 16.8 Å². The summed E-state index contributed by atoms with van der Waals surface area (Å²) in [4.78, 5) is 20.7. The Kier molecular flexibility index (Phi) is 4.27. The van der Waals surface area contributed by atoms with Gasteiger partial charge in [-0.3, -0.25) is 14.7 Å². The number of aromatic nitrogens is 2. The lowest BCUT2D eigenvalue weighted by molar-refractivity contribution is 0.239. The number of hydrogen-bond donors (Lipinski definition) is 1. The van der Waals surface area contributed by atoms with Crippen molar-refractivity contribution in [3.8, 4) is 0 Å². The molecule has 0 atom stereocenters. The Bertz CT molecular complexity index is 908. The van der Waals surface area contributed by atoms with E-state index in [1.54, 1.807) is 0 Å². The molecule has 0 saturated heterocycles. The molecule has 0 unspecified atom stereocenters. The molecule has 1 aromatic heterocycles. The molecular weight excluding hydrogens is 338 g/mol. The molecule has 0 spiro atoms. The van der Waals surface area contributed by atoms with E-state index in [0.29, 0.717) is 42.3 Å². The van der Waals surface area contributed by atoms with Crippen LogP contribution in [0.25, 0.3) is 0 Å². The summed E-state index contributed by atoms with van der Waals surface area (Å²) < 4.78 is 23.2. The van der Waals surface area contributed by atoms with Crippen molar-refractivity contribution in [2.24, 2.45) is 0 Å². The van der Waals surface area contributed by atoms with E-state index in [4.69, 9.17) is 11.6 Å². The van der Waals surface area contributed by atoms with Crippen LogP contribution in [0, 0.1) is 0 Å². The van der Waals surface area contributed by atoms with Gasteiger partial charge in [0.1, 0.15) is 0 Å². The topological polar surface area (TPSA) is 83.1 Å². The van der Waals surface area contributed by atoms with Crippen molar-refractivity contribution in [1.82, 2.24) is 14.9 Å². The minimum absolute atomic E-state index is 0.272. The Labute approximate surface area is 139 Å². The second kappa shape index (κ2) is 6.07. The lowest BCUT2D eigenvalue weighted by atomic mass is 10.1. The first-order valence-electron chi connectivity index (χ1n) is 7.12. The number of nitrogens with one attached hydrogen (secondary N) is 1. The summed E-state index contributed by atoms with van der Waals surface area (Å²) in [5.74, 6) is 0. The molecule has 0 radical (unpaired) electrons. The fraction of sp³-hybridized carbons (Fsp3) is 0.333. The first kappa shape index (κ1) is 16.2. The molecule has 1 aliphatic heterocycles. The van der Waals surface area contributed by atoms with Gasteiger partial charge < -0.3 is 0 Å². The van der Waals surface area contributed by atoms with Gasteiger partial charge in [0.05, 0.1) is 5.69 Å². The smallest absolute Gasteiger partial charge is 0.255 e. The Morgan fingerprint density at radius 3 is 2.87 bits per heavy atom. The molecule has 0 aliphatic carbocycles. The number of hydrogen-bond acceptors (Lipinski definition) is 5.